The van der Waals surface area contributed by atoms with Crippen LogP contribution in [0.2, 0.25) is 0 Å². The summed E-state index contributed by atoms with van der Waals surface area (Å²) in [6.07, 6.45) is 14.7. The highest BCUT2D eigenvalue weighted by molar-refractivity contribution is 5.83. The van der Waals surface area contributed by atoms with Crippen molar-refractivity contribution in [3.05, 3.63) is 72.1 Å². The monoisotopic (exact) mass is 290 g/mol. The van der Waals surface area contributed by atoms with E-state index in [0.29, 0.717) is 6.54 Å². The number of aromatic nitrogens is 2. The Bertz CT molecular complexity index is 732. The van der Waals surface area contributed by atoms with E-state index in [0.717, 1.165) is 28.8 Å². The van der Waals surface area contributed by atoms with Gasteiger partial charge in [0.05, 0.1) is 11.9 Å². The number of rotatable bonds is 4. The largest absolute Gasteiger partial charge is 0.326 e. The van der Waals surface area contributed by atoms with E-state index in [4.69, 9.17) is 5.73 Å². The topological polar surface area (TPSA) is 67.1 Å². The van der Waals surface area contributed by atoms with Crippen molar-refractivity contribution < 1.29 is 0 Å². The molecule has 0 aliphatic heterocycles. The Morgan fingerprint density at radius 3 is 2.73 bits per heavy atom. The second-order valence-electron chi connectivity index (χ2n) is 5.04. The number of hydrogen-bond acceptors (Lipinski definition) is 3. The Morgan fingerprint density at radius 1 is 1.23 bits per heavy atom. The average Bonchev–Trinajstić information content (AvgIpc) is 3.11. The maximum absolute atomic E-state index is 5.84. The van der Waals surface area contributed by atoms with E-state index >= 15 is 0 Å². The zero-order valence-electron chi connectivity index (χ0n) is 12.2. The van der Waals surface area contributed by atoms with E-state index in [2.05, 4.69) is 27.3 Å². The van der Waals surface area contributed by atoms with Gasteiger partial charge in [0.25, 0.3) is 0 Å². The molecule has 0 saturated carbocycles. The molecule has 1 aliphatic carbocycles. The number of aliphatic imine (C=N–C) groups is 1. The fourth-order valence-corrected chi connectivity index (χ4v) is 2.32. The Balaban J connectivity index is 1.77. The lowest BCUT2D eigenvalue weighted by Gasteiger charge is -2.07. The molecule has 3 N–H and O–H groups in total. The van der Waals surface area contributed by atoms with Gasteiger partial charge in [0, 0.05) is 24.5 Å². The van der Waals surface area contributed by atoms with E-state index in [-0.39, 0.29) is 0 Å². The van der Waals surface area contributed by atoms with Gasteiger partial charge in [-0.25, -0.2) is 0 Å². The number of nitrogens with two attached hydrogens (primary N) is 1. The first-order chi connectivity index (χ1) is 10.9. The standard InChI is InChI=1S/C18H18N4/c19-10-16(14-4-2-1-3-5-14)11-20-18-8-6-15(7-9-18)17-12-21-22-13-17/h1-4,6-9,11-13H,5,10,19H2,(H,21,22)/b16-14-,20-11?. The smallest absolute Gasteiger partial charge is 0.0630 e. The van der Waals surface area contributed by atoms with E-state index in [1.165, 1.54) is 5.57 Å². The molecule has 4 heteroatoms. The molecule has 1 aromatic carbocycles. The SMILES string of the molecule is NC/C(C=Nc1ccc(-c2cn[nH]c2)cc1)=C1\C=CC=CC1. The van der Waals surface area contributed by atoms with E-state index in [1.807, 2.05) is 48.8 Å². The molecule has 0 bridgehead atoms. The van der Waals surface area contributed by atoms with Gasteiger partial charge in [-0.05, 0) is 35.3 Å². The molecule has 0 amide bonds. The van der Waals surface area contributed by atoms with Gasteiger partial charge in [0.1, 0.15) is 0 Å². The molecule has 3 rings (SSSR count). The molecule has 0 atom stereocenters. The summed E-state index contributed by atoms with van der Waals surface area (Å²) in [5.74, 6) is 0. The summed E-state index contributed by atoms with van der Waals surface area (Å²) in [6, 6.07) is 8.06. The third kappa shape index (κ3) is 3.30. The number of hydrogen-bond donors (Lipinski definition) is 2. The molecule has 0 radical (unpaired) electrons. The van der Waals surface area contributed by atoms with Gasteiger partial charge in [0.2, 0.25) is 0 Å². The fourth-order valence-electron chi connectivity index (χ4n) is 2.32. The first kappa shape index (κ1) is 14.2. The van der Waals surface area contributed by atoms with Crippen molar-refractivity contribution >= 4 is 11.9 Å². The summed E-state index contributed by atoms with van der Waals surface area (Å²) in [5.41, 5.74) is 11.2. The van der Waals surface area contributed by atoms with Crippen LogP contribution in [0.15, 0.2) is 77.1 Å². The van der Waals surface area contributed by atoms with Crippen LogP contribution in [0.1, 0.15) is 6.42 Å². The van der Waals surface area contributed by atoms with E-state index < -0.39 is 0 Å². The molecule has 4 nitrogen and oxygen atoms in total. The minimum absolute atomic E-state index is 0.490. The maximum Gasteiger partial charge on any atom is 0.0630 e. The Labute approximate surface area is 129 Å². The molecule has 0 fully saturated rings. The van der Waals surface area contributed by atoms with Gasteiger partial charge in [-0.1, -0.05) is 36.4 Å². The number of nitrogens with zero attached hydrogens (tertiary/aromatic N) is 2. The summed E-state index contributed by atoms with van der Waals surface area (Å²) in [4.78, 5) is 4.53. The molecule has 1 heterocycles. The van der Waals surface area contributed by atoms with Crippen LogP contribution in [0.3, 0.4) is 0 Å². The van der Waals surface area contributed by atoms with Crippen molar-refractivity contribution in [3.63, 3.8) is 0 Å². The van der Waals surface area contributed by atoms with Crippen molar-refractivity contribution in [2.45, 2.75) is 6.42 Å². The highest BCUT2D eigenvalue weighted by Crippen LogP contribution is 2.22. The summed E-state index contributed by atoms with van der Waals surface area (Å²) < 4.78 is 0. The molecule has 110 valence electrons. The van der Waals surface area contributed by atoms with Crippen LogP contribution in [0.5, 0.6) is 0 Å². The van der Waals surface area contributed by atoms with Gasteiger partial charge >= 0.3 is 0 Å². The van der Waals surface area contributed by atoms with Crippen LogP contribution in [-0.2, 0) is 0 Å². The number of H-pyrrole nitrogens is 1. The summed E-state index contributed by atoms with van der Waals surface area (Å²) in [7, 11) is 0. The van der Waals surface area contributed by atoms with Crippen molar-refractivity contribution in [1.82, 2.24) is 10.2 Å². The second-order valence-corrected chi connectivity index (χ2v) is 5.04. The van der Waals surface area contributed by atoms with Crippen molar-refractivity contribution in [2.24, 2.45) is 10.7 Å². The third-order valence-corrected chi connectivity index (χ3v) is 3.58. The highest BCUT2D eigenvalue weighted by atomic mass is 15.1. The molecule has 22 heavy (non-hydrogen) atoms. The molecular formula is C18H18N4. The van der Waals surface area contributed by atoms with Crippen LogP contribution in [0.4, 0.5) is 5.69 Å². The van der Waals surface area contributed by atoms with Crippen LogP contribution in [0, 0.1) is 0 Å². The second kappa shape index (κ2) is 6.83. The van der Waals surface area contributed by atoms with Gasteiger partial charge in [0.15, 0.2) is 0 Å². The minimum Gasteiger partial charge on any atom is -0.326 e. The van der Waals surface area contributed by atoms with E-state index in [9.17, 15) is 0 Å². The molecule has 2 aromatic rings. The summed E-state index contributed by atoms with van der Waals surface area (Å²) in [5, 5.41) is 6.77. The van der Waals surface area contributed by atoms with Crippen molar-refractivity contribution in [3.8, 4) is 11.1 Å². The zero-order chi connectivity index (χ0) is 15.2. The van der Waals surface area contributed by atoms with Crippen LogP contribution < -0.4 is 5.73 Å². The fraction of sp³-hybridized carbons (Fsp3) is 0.111. The average molecular weight is 290 g/mol. The Morgan fingerprint density at radius 2 is 2.09 bits per heavy atom. The first-order valence-corrected chi connectivity index (χ1v) is 7.25. The zero-order valence-corrected chi connectivity index (χ0v) is 12.2. The highest BCUT2D eigenvalue weighted by Gasteiger charge is 2.02. The quantitative estimate of drug-likeness (QED) is 0.846. The normalized spacial score (nSPS) is 16.4. The third-order valence-electron chi connectivity index (χ3n) is 3.58. The van der Waals surface area contributed by atoms with Gasteiger partial charge in [-0.15, -0.1) is 0 Å². The van der Waals surface area contributed by atoms with Crippen molar-refractivity contribution in [2.75, 3.05) is 6.54 Å². The number of allylic oxidation sites excluding steroid dienone is 5. The van der Waals surface area contributed by atoms with Gasteiger partial charge in [-0.3, -0.25) is 10.1 Å². The number of nitrogens with one attached hydrogen (secondary N) is 1. The lowest BCUT2D eigenvalue weighted by molar-refractivity contribution is 1.09. The van der Waals surface area contributed by atoms with Crippen LogP contribution in [-0.4, -0.2) is 23.0 Å². The predicted octanol–water partition coefficient (Wildman–Crippen LogP) is 3.55. The molecule has 1 aromatic heterocycles. The van der Waals surface area contributed by atoms with Crippen LogP contribution in [0.25, 0.3) is 11.1 Å². The van der Waals surface area contributed by atoms with Gasteiger partial charge < -0.3 is 5.73 Å². The van der Waals surface area contributed by atoms with Crippen LogP contribution >= 0.6 is 0 Å². The molecule has 0 spiro atoms. The Kier molecular flexibility index (Phi) is 4.41. The van der Waals surface area contributed by atoms with E-state index in [1.54, 1.807) is 6.20 Å². The molecule has 0 unspecified atom stereocenters. The number of aromatic amines is 1. The molecule has 1 aliphatic rings. The predicted molar refractivity (Wildman–Crippen MR) is 91.2 cm³/mol. The lowest BCUT2D eigenvalue weighted by atomic mass is 10.0. The summed E-state index contributed by atoms with van der Waals surface area (Å²) in [6.45, 7) is 0.490. The minimum atomic E-state index is 0.490. The van der Waals surface area contributed by atoms with Crippen molar-refractivity contribution in [1.29, 1.82) is 0 Å². The first-order valence-electron chi connectivity index (χ1n) is 7.25. The lowest BCUT2D eigenvalue weighted by Crippen LogP contribution is -2.07. The molecule has 0 saturated heterocycles. The molecular weight excluding hydrogens is 272 g/mol. The maximum atomic E-state index is 5.84. The summed E-state index contributed by atoms with van der Waals surface area (Å²) >= 11 is 0. The number of benzene rings is 1. The Hall–Kier alpha value is -2.72. The van der Waals surface area contributed by atoms with Gasteiger partial charge in [-0.2, -0.15) is 5.10 Å².